The van der Waals surface area contributed by atoms with E-state index in [1.807, 2.05) is 26.2 Å². The highest BCUT2D eigenvalue weighted by Gasteiger charge is 2.34. The molecule has 0 heterocycles. The molecule has 3 nitrogen and oxygen atoms in total. The molecule has 0 unspecified atom stereocenters. The molecule has 0 N–H and O–H groups in total. The fourth-order valence-corrected chi connectivity index (χ4v) is 3.43. The topological polar surface area (TPSA) is 21.7 Å². The molecule has 0 bridgehead atoms. The molecular formula is C12H19NO2Si. The number of hydrogen-bond donors (Lipinski definition) is 0. The zero-order valence-electron chi connectivity index (χ0n) is 10.4. The molecule has 0 spiro atoms. The van der Waals surface area contributed by atoms with Crippen molar-refractivity contribution in [1.29, 1.82) is 0 Å². The van der Waals surface area contributed by atoms with Crippen LogP contribution < -0.4 is 10.1 Å². The summed E-state index contributed by atoms with van der Waals surface area (Å²) >= 11 is 0. The van der Waals surface area contributed by atoms with Crippen LogP contribution in [0.15, 0.2) is 36.5 Å². The Morgan fingerprint density at radius 2 is 1.62 bits per heavy atom. The third kappa shape index (κ3) is 2.35. The third-order valence-electron chi connectivity index (χ3n) is 2.66. The lowest BCUT2D eigenvalue weighted by atomic mass is 10.3. The van der Waals surface area contributed by atoms with Crippen LogP contribution in [-0.2, 0) is 8.85 Å². The molecule has 16 heavy (non-hydrogen) atoms. The molecule has 0 aliphatic rings. The van der Waals surface area contributed by atoms with Gasteiger partial charge >= 0.3 is 8.56 Å². The van der Waals surface area contributed by atoms with E-state index in [4.69, 9.17) is 8.85 Å². The lowest BCUT2D eigenvalue weighted by molar-refractivity contribution is 0.271. The minimum atomic E-state index is -2.41. The summed E-state index contributed by atoms with van der Waals surface area (Å²) in [5.74, 6) is 0. The molecule has 1 aromatic carbocycles. The molecular weight excluding hydrogens is 218 g/mol. The summed E-state index contributed by atoms with van der Waals surface area (Å²) in [4.78, 5) is 2.06. The SMILES string of the molecule is C=C[Si](OC)(OC)c1ccc(N(C)C)cc1. The Kier molecular flexibility index (Phi) is 4.29. The van der Waals surface area contributed by atoms with Crippen molar-refractivity contribution < 1.29 is 8.85 Å². The zero-order valence-corrected chi connectivity index (χ0v) is 11.4. The third-order valence-corrected chi connectivity index (χ3v) is 5.55. The molecule has 88 valence electrons. The Bertz CT molecular complexity index is 345. The maximum absolute atomic E-state index is 5.51. The van der Waals surface area contributed by atoms with Crippen LogP contribution in [0, 0.1) is 0 Å². The minimum absolute atomic E-state index is 1.07. The van der Waals surface area contributed by atoms with Gasteiger partial charge in [0.15, 0.2) is 0 Å². The van der Waals surface area contributed by atoms with E-state index >= 15 is 0 Å². The van der Waals surface area contributed by atoms with Crippen molar-refractivity contribution in [3.8, 4) is 0 Å². The second kappa shape index (κ2) is 5.29. The number of anilines is 1. The molecule has 0 saturated carbocycles. The molecule has 0 atom stereocenters. The summed E-state index contributed by atoms with van der Waals surface area (Å²) < 4.78 is 11.0. The van der Waals surface area contributed by atoms with Gasteiger partial charge in [-0.3, -0.25) is 0 Å². The largest absolute Gasteiger partial charge is 0.398 e. The summed E-state index contributed by atoms with van der Waals surface area (Å²) in [5, 5.41) is 1.07. The molecule has 0 aliphatic heterocycles. The molecule has 0 amide bonds. The highest BCUT2D eigenvalue weighted by molar-refractivity contribution is 6.85. The number of hydrogen-bond acceptors (Lipinski definition) is 3. The second-order valence-corrected chi connectivity index (χ2v) is 6.86. The molecule has 4 heteroatoms. The van der Waals surface area contributed by atoms with E-state index in [-0.39, 0.29) is 0 Å². The van der Waals surface area contributed by atoms with Gasteiger partial charge in [0.2, 0.25) is 0 Å². The fraction of sp³-hybridized carbons (Fsp3) is 0.333. The van der Waals surface area contributed by atoms with Crippen molar-refractivity contribution in [2.45, 2.75) is 0 Å². The summed E-state index contributed by atoms with van der Waals surface area (Å²) in [7, 11) is 4.95. The van der Waals surface area contributed by atoms with Gasteiger partial charge in [0, 0.05) is 34.0 Å². The van der Waals surface area contributed by atoms with Crippen molar-refractivity contribution in [1.82, 2.24) is 0 Å². The first-order chi connectivity index (χ1) is 7.59. The van der Waals surface area contributed by atoms with Gasteiger partial charge in [-0.25, -0.2) is 0 Å². The van der Waals surface area contributed by atoms with Crippen LogP contribution in [0.25, 0.3) is 0 Å². The van der Waals surface area contributed by atoms with E-state index in [9.17, 15) is 0 Å². The highest BCUT2D eigenvalue weighted by Crippen LogP contribution is 2.12. The Balaban J connectivity index is 3.08. The first-order valence-electron chi connectivity index (χ1n) is 5.11. The monoisotopic (exact) mass is 237 g/mol. The zero-order chi connectivity index (χ0) is 12.2. The van der Waals surface area contributed by atoms with Crippen molar-refractivity contribution in [2.24, 2.45) is 0 Å². The van der Waals surface area contributed by atoms with E-state index in [0.29, 0.717) is 0 Å². The Labute approximate surface area is 98.5 Å². The molecule has 0 aliphatic carbocycles. The number of benzene rings is 1. The van der Waals surface area contributed by atoms with Crippen molar-refractivity contribution in [3.05, 3.63) is 36.5 Å². The summed E-state index contributed by atoms with van der Waals surface area (Å²) in [6, 6.07) is 8.18. The van der Waals surface area contributed by atoms with Gasteiger partial charge in [0.25, 0.3) is 0 Å². The predicted octanol–water partition coefficient (Wildman–Crippen LogP) is 1.42. The van der Waals surface area contributed by atoms with Crippen molar-refractivity contribution in [2.75, 3.05) is 33.2 Å². The normalized spacial score (nSPS) is 11.2. The van der Waals surface area contributed by atoms with E-state index in [0.717, 1.165) is 10.9 Å². The summed E-state index contributed by atoms with van der Waals surface area (Å²) in [5.41, 5.74) is 2.94. The van der Waals surface area contributed by atoms with E-state index in [1.165, 1.54) is 0 Å². The molecule has 1 aromatic rings. The minimum Gasteiger partial charge on any atom is -0.391 e. The Morgan fingerprint density at radius 1 is 1.12 bits per heavy atom. The van der Waals surface area contributed by atoms with Gasteiger partial charge in [-0.05, 0) is 23.0 Å². The van der Waals surface area contributed by atoms with Crippen LogP contribution in [0.5, 0.6) is 0 Å². The van der Waals surface area contributed by atoms with Crippen LogP contribution >= 0.6 is 0 Å². The predicted molar refractivity (Wildman–Crippen MR) is 70.4 cm³/mol. The van der Waals surface area contributed by atoms with Crippen LogP contribution in [-0.4, -0.2) is 36.9 Å². The molecule has 1 rings (SSSR count). The molecule has 0 saturated heterocycles. The standard InChI is InChI=1S/C12H19NO2Si/c1-6-16(14-4,15-5)12-9-7-11(8-10-12)13(2)3/h6-10H,1H2,2-5H3. The summed E-state index contributed by atoms with van der Waals surface area (Å²) in [6.45, 7) is 3.81. The fourth-order valence-electron chi connectivity index (χ4n) is 1.60. The maximum atomic E-state index is 5.51. The first kappa shape index (κ1) is 13.0. The molecule has 0 radical (unpaired) electrons. The quantitative estimate of drug-likeness (QED) is 0.723. The average molecular weight is 237 g/mol. The maximum Gasteiger partial charge on any atom is 0.398 e. The summed E-state index contributed by atoms with van der Waals surface area (Å²) in [6.07, 6.45) is 0. The second-order valence-electron chi connectivity index (χ2n) is 3.72. The average Bonchev–Trinajstić information content (AvgIpc) is 2.33. The smallest absolute Gasteiger partial charge is 0.391 e. The van der Waals surface area contributed by atoms with E-state index in [1.54, 1.807) is 19.9 Å². The van der Waals surface area contributed by atoms with Crippen LogP contribution in [0.4, 0.5) is 5.69 Å². The Morgan fingerprint density at radius 3 is 1.94 bits per heavy atom. The van der Waals surface area contributed by atoms with Gasteiger partial charge < -0.3 is 13.8 Å². The Hall–Kier alpha value is -1.10. The number of nitrogens with zero attached hydrogens (tertiary/aromatic N) is 1. The molecule has 0 fully saturated rings. The van der Waals surface area contributed by atoms with Gasteiger partial charge in [-0.2, -0.15) is 0 Å². The van der Waals surface area contributed by atoms with Gasteiger partial charge in [0.05, 0.1) is 0 Å². The van der Waals surface area contributed by atoms with Crippen LogP contribution in [0.3, 0.4) is 0 Å². The number of rotatable bonds is 5. The van der Waals surface area contributed by atoms with Gasteiger partial charge in [0.1, 0.15) is 0 Å². The van der Waals surface area contributed by atoms with Gasteiger partial charge in [-0.15, -0.1) is 6.58 Å². The lowest BCUT2D eigenvalue weighted by Crippen LogP contribution is -2.50. The van der Waals surface area contributed by atoms with Gasteiger partial charge in [-0.1, -0.05) is 12.1 Å². The van der Waals surface area contributed by atoms with Crippen molar-refractivity contribution in [3.63, 3.8) is 0 Å². The molecule has 0 aromatic heterocycles. The van der Waals surface area contributed by atoms with Crippen LogP contribution in [0.1, 0.15) is 0 Å². The van der Waals surface area contributed by atoms with E-state index in [2.05, 4.69) is 23.6 Å². The highest BCUT2D eigenvalue weighted by atomic mass is 28.4. The van der Waals surface area contributed by atoms with Crippen molar-refractivity contribution >= 4 is 19.4 Å². The lowest BCUT2D eigenvalue weighted by Gasteiger charge is -2.24. The first-order valence-corrected chi connectivity index (χ1v) is 7.00. The van der Waals surface area contributed by atoms with E-state index < -0.39 is 8.56 Å². The van der Waals surface area contributed by atoms with Crippen LogP contribution in [0.2, 0.25) is 0 Å².